The Kier molecular flexibility index (Phi) is 3.76. The van der Waals surface area contributed by atoms with Gasteiger partial charge in [-0.15, -0.1) is 0 Å². The number of nitrogens with zero attached hydrogens (tertiary/aromatic N) is 1. The number of piperidine rings is 1. The molecule has 0 bridgehead atoms. The van der Waals surface area contributed by atoms with Crippen LogP contribution >= 0.6 is 0 Å². The third-order valence-corrected chi connectivity index (χ3v) is 4.19. The van der Waals surface area contributed by atoms with Crippen molar-refractivity contribution in [1.29, 1.82) is 0 Å². The summed E-state index contributed by atoms with van der Waals surface area (Å²) in [6, 6.07) is 9.25. The van der Waals surface area contributed by atoms with Crippen LogP contribution in [0.2, 0.25) is 0 Å². The molecule has 146 valence electrons. The summed E-state index contributed by atoms with van der Waals surface area (Å²) >= 11 is 0. The number of likely N-dealkylation sites (tertiary alicyclic amines) is 1. The fraction of sp³-hybridized carbons (Fsp3) is 0.455. The zero-order valence-corrected chi connectivity index (χ0v) is 15.1. The number of halogens is 1. The topological polar surface area (TPSA) is 41.9 Å². The van der Waals surface area contributed by atoms with Crippen LogP contribution in [0.1, 0.15) is 42.3 Å². The Morgan fingerprint density at radius 2 is 1.89 bits per heavy atom. The van der Waals surface area contributed by atoms with Crippen LogP contribution in [-0.4, -0.2) is 43.8 Å². The van der Waals surface area contributed by atoms with E-state index in [1.54, 1.807) is 0 Å². The smallest absolute Gasteiger partial charge is 0.166 e. The second-order valence-electron chi connectivity index (χ2n) is 5.90. The van der Waals surface area contributed by atoms with E-state index < -0.39 is 50.1 Å². The zero-order chi connectivity index (χ0) is 27.3. The maximum atomic E-state index is 13.2. The minimum atomic E-state index is -3.45. The summed E-state index contributed by atoms with van der Waals surface area (Å²) in [7, 11) is 2.53. The number of para-hydroxylation sites is 1. The van der Waals surface area contributed by atoms with Gasteiger partial charge in [0, 0.05) is 24.4 Å². The van der Waals surface area contributed by atoms with Gasteiger partial charge in [0.25, 0.3) is 0 Å². The van der Waals surface area contributed by atoms with Gasteiger partial charge in [0.15, 0.2) is 11.5 Å². The molecule has 3 rings (SSSR count). The number of hydrogen-bond acceptors (Lipinski definition) is 4. The van der Waals surface area contributed by atoms with E-state index in [-0.39, 0.29) is 23.5 Å². The number of ether oxygens (including phenoxy) is 2. The predicted octanol–water partition coefficient (Wildman–Crippen LogP) is 3.83. The van der Waals surface area contributed by atoms with Crippen LogP contribution < -0.4 is 9.47 Å². The Bertz CT molecular complexity index is 1070. The van der Waals surface area contributed by atoms with Crippen molar-refractivity contribution in [3.63, 3.8) is 0 Å². The van der Waals surface area contributed by atoms with Gasteiger partial charge in [-0.05, 0) is 61.8 Å². The molecule has 1 N–H and O–H groups in total. The van der Waals surface area contributed by atoms with Gasteiger partial charge < -0.3 is 19.5 Å². The molecule has 27 heavy (non-hydrogen) atoms. The van der Waals surface area contributed by atoms with E-state index in [0.717, 1.165) is 0 Å². The third-order valence-electron chi connectivity index (χ3n) is 4.19. The number of rotatable bonds is 7. The van der Waals surface area contributed by atoms with Gasteiger partial charge in [-0.3, -0.25) is 0 Å². The quantitative estimate of drug-likeness (QED) is 0.790. The lowest BCUT2D eigenvalue weighted by molar-refractivity contribution is 0.0573. The van der Waals surface area contributed by atoms with Gasteiger partial charge in [-0.1, -0.05) is 24.3 Å². The average Bonchev–Trinajstić information content (AvgIpc) is 2.82. The first-order valence-electron chi connectivity index (χ1n) is 12.9. The van der Waals surface area contributed by atoms with E-state index in [1.165, 1.54) is 56.7 Å². The van der Waals surface area contributed by atoms with Crippen LogP contribution in [0.15, 0.2) is 42.5 Å². The second kappa shape index (κ2) is 9.20. The molecular weight excluding hydrogens is 345 g/mol. The zero-order valence-electron chi connectivity index (χ0n) is 24.1. The Hall–Kier alpha value is -2.11. The summed E-state index contributed by atoms with van der Waals surface area (Å²) in [4.78, 5) is 0.395. The van der Waals surface area contributed by atoms with Gasteiger partial charge in [-0.2, -0.15) is 0 Å². The molecule has 0 radical (unpaired) electrons. The molecule has 1 saturated heterocycles. The molecule has 1 aliphatic heterocycles. The molecule has 1 atom stereocenters. The molecule has 0 saturated carbocycles. The SMILES string of the molecule is [2H]C1([2H])N(CCc2ccc(F)cc2)C([2H])([2H])C([2H])([2H])C([2H])([C@@H](O)c2cccc(OC)c2OC)C1([2H])[2H]. The Morgan fingerprint density at radius 3 is 2.52 bits per heavy atom. The molecule has 0 unspecified atom stereocenters. The maximum Gasteiger partial charge on any atom is 0.166 e. The van der Waals surface area contributed by atoms with Crippen molar-refractivity contribution < 1.29 is 31.3 Å². The first-order chi connectivity index (χ1) is 16.5. The lowest BCUT2D eigenvalue weighted by atomic mass is 9.87. The Labute approximate surface area is 173 Å². The van der Waals surface area contributed by atoms with Crippen molar-refractivity contribution in [2.45, 2.75) is 25.3 Å². The van der Waals surface area contributed by atoms with Crippen LogP contribution in [0.3, 0.4) is 0 Å². The van der Waals surface area contributed by atoms with Gasteiger partial charge in [-0.25, -0.2) is 4.39 Å². The summed E-state index contributed by atoms with van der Waals surface area (Å²) < 4.78 is 101. The van der Waals surface area contributed by atoms with E-state index in [9.17, 15) is 9.50 Å². The highest BCUT2D eigenvalue weighted by molar-refractivity contribution is 5.47. The third kappa shape index (κ3) is 4.79. The van der Waals surface area contributed by atoms with E-state index in [0.29, 0.717) is 10.5 Å². The maximum absolute atomic E-state index is 13.2. The van der Waals surface area contributed by atoms with Crippen molar-refractivity contribution in [1.82, 2.24) is 4.90 Å². The first-order valence-corrected chi connectivity index (χ1v) is 8.43. The summed E-state index contributed by atoms with van der Waals surface area (Å²) in [6.45, 7) is -6.99. The minimum Gasteiger partial charge on any atom is -0.493 e. The summed E-state index contributed by atoms with van der Waals surface area (Å²) in [5, 5.41) is 11.3. The molecule has 0 spiro atoms. The number of benzene rings is 2. The van der Waals surface area contributed by atoms with Gasteiger partial charge in [0.1, 0.15) is 5.82 Å². The first kappa shape index (κ1) is 11.0. The van der Waals surface area contributed by atoms with Crippen molar-refractivity contribution in [2.75, 3.05) is 33.8 Å². The van der Waals surface area contributed by atoms with Crippen LogP contribution in [0.4, 0.5) is 4.39 Å². The van der Waals surface area contributed by atoms with Gasteiger partial charge >= 0.3 is 0 Å². The monoisotopic (exact) mass is 382 g/mol. The van der Waals surface area contributed by atoms with Crippen LogP contribution in [0.25, 0.3) is 0 Å². The van der Waals surface area contributed by atoms with Crippen molar-refractivity contribution in [3.05, 3.63) is 59.4 Å². The average molecular weight is 383 g/mol. The molecular formula is C22H28FNO3. The van der Waals surface area contributed by atoms with Crippen LogP contribution in [0.5, 0.6) is 11.5 Å². The summed E-state index contributed by atoms with van der Waals surface area (Å²) in [6.07, 6.45) is -9.32. The lowest BCUT2D eigenvalue weighted by Crippen LogP contribution is -2.36. The Balaban J connectivity index is 2.14. The van der Waals surface area contributed by atoms with Crippen molar-refractivity contribution in [2.24, 2.45) is 5.89 Å². The summed E-state index contributed by atoms with van der Waals surface area (Å²) in [5.74, 6) is -3.91. The predicted molar refractivity (Wildman–Crippen MR) is 104 cm³/mol. The Morgan fingerprint density at radius 1 is 1.19 bits per heavy atom. The number of hydrogen-bond donors (Lipinski definition) is 1. The largest absolute Gasteiger partial charge is 0.493 e. The summed E-state index contributed by atoms with van der Waals surface area (Å²) in [5.41, 5.74) is 0.235. The molecule has 0 aliphatic carbocycles. The molecule has 4 nitrogen and oxygen atoms in total. The second-order valence-corrected chi connectivity index (χ2v) is 5.90. The molecule has 5 heteroatoms. The highest BCUT2D eigenvalue weighted by Gasteiger charge is 2.28. The molecule has 0 aromatic heterocycles. The number of methoxy groups -OCH3 is 2. The molecule has 1 heterocycles. The van der Waals surface area contributed by atoms with Crippen molar-refractivity contribution >= 4 is 0 Å². The molecule has 1 aliphatic rings. The fourth-order valence-electron chi connectivity index (χ4n) is 2.74. The molecule has 0 amide bonds. The molecule has 2 aromatic carbocycles. The fourth-order valence-corrected chi connectivity index (χ4v) is 2.74. The van der Waals surface area contributed by atoms with Gasteiger partial charge in [0.05, 0.1) is 20.3 Å². The van der Waals surface area contributed by atoms with Crippen LogP contribution in [-0.2, 0) is 6.42 Å². The normalized spacial score (nSPS) is 30.4. The standard InChI is InChI=1S/C22H28FNO3/c1-26-20-5-3-4-19(22(20)27-2)21(25)17-11-14-24(15-12-17)13-10-16-6-8-18(23)9-7-16/h3-9,17,21,25H,10-15H2,1-2H3/t21-/m1/s1/i11D2,12D2,14D2,15D2,17D. The van der Waals surface area contributed by atoms with Crippen molar-refractivity contribution in [3.8, 4) is 11.5 Å². The van der Waals surface area contributed by atoms with E-state index in [2.05, 4.69) is 0 Å². The lowest BCUT2D eigenvalue weighted by Gasteiger charge is -2.34. The molecule has 1 fully saturated rings. The number of aliphatic hydroxyl groups excluding tert-OH is 1. The van der Waals surface area contributed by atoms with E-state index in [1.807, 2.05) is 0 Å². The highest BCUT2D eigenvalue weighted by atomic mass is 19.1. The van der Waals surface area contributed by atoms with Gasteiger partial charge in [0.2, 0.25) is 0 Å². The highest BCUT2D eigenvalue weighted by Crippen LogP contribution is 2.39. The number of aliphatic hydroxyl groups is 1. The van der Waals surface area contributed by atoms with Crippen LogP contribution in [0, 0.1) is 11.7 Å². The van der Waals surface area contributed by atoms with E-state index in [4.69, 9.17) is 21.8 Å². The van der Waals surface area contributed by atoms with E-state index >= 15 is 0 Å². The minimum absolute atomic E-state index is 0.0529. The molecule has 2 aromatic rings.